The number of anilines is 1. The summed E-state index contributed by atoms with van der Waals surface area (Å²) in [4.78, 5) is 51.6. The fourth-order valence-electron chi connectivity index (χ4n) is 3.82. The van der Waals surface area contributed by atoms with Crippen LogP contribution in [0.25, 0.3) is 0 Å². The van der Waals surface area contributed by atoms with E-state index in [1.54, 1.807) is 0 Å². The Morgan fingerprint density at radius 2 is 1.94 bits per heavy atom. The Balaban J connectivity index is 1.53. The van der Waals surface area contributed by atoms with Crippen LogP contribution in [0, 0.1) is 12.3 Å². The van der Waals surface area contributed by atoms with Gasteiger partial charge in [0.25, 0.3) is 5.91 Å². The summed E-state index contributed by atoms with van der Waals surface area (Å²) in [5, 5.41) is 36.8. The fraction of sp³-hybridized carbons (Fsp3) is 0.400. The molecule has 1 aromatic heterocycles. The third kappa shape index (κ3) is 4.37. The first kappa shape index (κ1) is 24.4. The summed E-state index contributed by atoms with van der Waals surface area (Å²) in [6.45, 7) is 0.960. The number of aliphatic carboxylic acids is 1. The van der Waals surface area contributed by atoms with Crippen LogP contribution < -0.4 is 4.90 Å². The minimum atomic E-state index is -1.19. The standard InChI is InChI=1S/C20H20N4O7S3/c1-10-21-22-19(34-10)33-9-20(18(30)31)7-23-15(27)14(16(23)32-8-20)24(13(26)6-25)12-4-2-11(3-5-12)17(28)29/h2-5,14,16,25H,6-9H2,1H3,(H,28,29)(H,30,31)/t14?,16-,20?/m1/s1. The molecule has 0 saturated carbocycles. The molecule has 2 amide bonds. The maximum Gasteiger partial charge on any atom is 0.335 e. The smallest absolute Gasteiger partial charge is 0.335 e. The van der Waals surface area contributed by atoms with Crippen molar-refractivity contribution < 1.29 is 34.5 Å². The van der Waals surface area contributed by atoms with Gasteiger partial charge in [-0.15, -0.1) is 22.0 Å². The third-order valence-electron chi connectivity index (χ3n) is 5.62. The van der Waals surface area contributed by atoms with E-state index in [1.807, 2.05) is 6.92 Å². The average molecular weight is 525 g/mol. The number of rotatable bonds is 8. The number of thioether (sulfide) groups is 2. The summed E-state index contributed by atoms with van der Waals surface area (Å²) in [6, 6.07) is 4.51. The number of carboxylic acids is 2. The number of carbonyl (C=O) groups is 4. The second-order valence-corrected chi connectivity index (χ2v) is 11.4. The zero-order valence-electron chi connectivity index (χ0n) is 17.8. The third-order valence-corrected chi connectivity index (χ3v) is 9.46. The van der Waals surface area contributed by atoms with Crippen molar-refractivity contribution in [1.82, 2.24) is 15.1 Å². The Labute approximate surface area is 206 Å². The molecular formula is C20H20N4O7S3. The van der Waals surface area contributed by atoms with Gasteiger partial charge in [-0.3, -0.25) is 19.3 Å². The minimum Gasteiger partial charge on any atom is -0.481 e. The highest BCUT2D eigenvalue weighted by Crippen LogP contribution is 2.46. The molecule has 0 spiro atoms. The van der Waals surface area contributed by atoms with Gasteiger partial charge >= 0.3 is 11.9 Å². The second kappa shape index (κ2) is 9.52. The van der Waals surface area contributed by atoms with Crippen LogP contribution in [0.4, 0.5) is 5.69 Å². The molecule has 2 aliphatic heterocycles. The number of fused-ring (bicyclic) bond motifs is 1. The van der Waals surface area contributed by atoms with Crippen molar-refractivity contribution >= 4 is 64.3 Å². The number of aromatic carboxylic acids is 1. The molecule has 0 bridgehead atoms. The van der Waals surface area contributed by atoms with Crippen LogP contribution in [0.15, 0.2) is 28.6 Å². The Morgan fingerprint density at radius 1 is 1.24 bits per heavy atom. The number of hydrogen-bond donors (Lipinski definition) is 3. The van der Waals surface area contributed by atoms with E-state index in [-0.39, 0.29) is 29.3 Å². The van der Waals surface area contributed by atoms with Crippen molar-refractivity contribution in [1.29, 1.82) is 0 Å². The fourth-order valence-corrected chi connectivity index (χ4v) is 7.54. The van der Waals surface area contributed by atoms with Crippen LogP contribution in [-0.2, 0) is 14.4 Å². The summed E-state index contributed by atoms with van der Waals surface area (Å²) in [5.74, 6) is -2.86. The van der Waals surface area contributed by atoms with Gasteiger partial charge in [0.2, 0.25) is 5.91 Å². The molecule has 1 aromatic carbocycles. The monoisotopic (exact) mass is 524 g/mol. The Bertz CT molecular complexity index is 1140. The van der Waals surface area contributed by atoms with Gasteiger partial charge in [0.1, 0.15) is 28.4 Å². The Morgan fingerprint density at radius 3 is 2.50 bits per heavy atom. The maximum absolute atomic E-state index is 13.1. The lowest BCUT2D eigenvalue weighted by Gasteiger charge is -2.56. The van der Waals surface area contributed by atoms with Gasteiger partial charge < -0.3 is 20.2 Å². The highest BCUT2D eigenvalue weighted by molar-refractivity contribution is 8.01. The molecular weight excluding hydrogens is 504 g/mol. The maximum atomic E-state index is 13.1. The topological polar surface area (TPSA) is 161 Å². The number of aliphatic hydroxyl groups excluding tert-OH is 1. The first-order valence-corrected chi connectivity index (χ1v) is 12.9. The molecule has 3 N–H and O–H groups in total. The van der Waals surface area contributed by atoms with E-state index in [0.717, 1.165) is 9.91 Å². The van der Waals surface area contributed by atoms with E-state index in [0.29, 0.717) is 4.34 Å². The zero-order valence-corrected chi connectivity index (χ0v) is 20.2. The molecule has 2 fully saturated rings. The van der Waals surface area contributed by atoms with Gasteiger partial charge in [-0.2, -0.15) is 0 Å². The van der Waals surface area contributed by atoms with E-state index < -0.39 is 47.2 Å². The number of carbonyl (C=O) groups excluding carboxylic acids is 2. The molecule has 2 aliphatic rings. The van der Waals surface area contributed by atoms with E-state index in [4.69, 9.17) is 5.11 Å². The zero-order chi connectivity index (χ0) is 24.6. The summed E-state index contributed by atoms with van der Waals surface area (Å²) in [6.07, 6.45) is 0. The van der Waals surface area contributed by atoms with Gasteiger partial charge in [-0.1, -0.05) is 23.1 Å². The van der Waals surface area contributed by atoms with Gasteiger partial charge in [-0.25, -0.2) is 4.79 Å². The van der Waals surface area contributed by atoms with E-state index >= 15 is 0 Å². The molecule has 4 rings (SSSR count). The Hall–Kier alpha value is -2.68. The molecule has 180 valence electrons. The van der Waals surface area contributed by atoms with Crippen LogP contribution in [0.1, 0.15) is 15.4 Å². The van der Waals surface area contributed by atoms with Gasteiger partial charge in [0, 0.05) is 23.7 Å². The number of nitrogens with zero attached hydrogens (tertiary/aromatic N) is 4. The van der Waals surface area contributed by atoms with Gasteiger partial charge in [-0.05, 0) is 31.2 Å². The second-order valence-electron chi connectivity index (χ2n) is 7.85. The van der Waals surface area contributed by atoms with Crippen LogP contribution in [0.2, 0.25) is 0 Å². The predicted molar refractivity (Wildman–Crippen MR) is 125 cm³/mol. The van der Waals surface area contributed by atoms with E-state index in [2.05, 4.69) is 10.2 Å². The number of amides is 2. The van der Waals surface area contributed by atoms with Crippen molar-refractivity contribution in [2.24, 2.45) is 5.41 Å². The average Bonchev–Trinajstić information content (AvgIpc) is 3.25. The highest BCUT2D eigenvalue weighted by Gasteiger charge is 2.59. The summed E-state index contributed by atoms with van der Waals surface area (Å²) < 4.78 is 0.655. The van der Waals surface area contributed by atoms with Crippen LogP contribution in [0.3, 0.4) is 0 Å². The van der Waals surface area contributed by atoms with Crippen molar-refractivity contribution in [3.63, 3.8) is 0 Å². The molecule has 0 radical (unpaired) electrons. The lowest BCUT2D eigenvalue weighted by atomic mass is 9.89. The Kier molecular flexibility index (Phi) is 6.85. The lowest BCUT2D eigenvalue weighted by Crippen LogP contribution is -2.75. The normalized spacial score (nSPS) is 23.7. The number of hydrogen-bond acceptors (Lipinski definition) is 10. The van der Waals surface area contributed by atoms with E-state index in [9.17, 15) is 29.4 Å². The van der Waals surface area contributed by atoms with Crippen LogP contribution >= 0.6 is 34.9 Å². The largest absolute Gasteiger partial charge is 0.481 e. The number of benzene rings is 1. The van der Waals surface area contributed by atoms with Crippen molar-refractivity contribution in [2.45, 2.75) is 22.7 Å². The molecule has 34 heavy (non-hydrogen) atoms. The quantitative estimate of drug-likeness (QED) is 0.334. The minimum absolute atomic E-state index is 0.0147. The van der Waals surface area contributed by atoms with Crippen molar-refractivity contribution in [3.8, 4) is 0 Å². The van der Waals surface area contributed by atoms with Crippen molar-refractivity contribution in [2.75, 3.05) is 29.6 Å². The molecule has 0 aliphatic carbocycles. The lowest BCUT2D eigenvalue weighted by molar-refractivity contribution is -0.156. The van der Waals surface area contributed by atoms with Crippen LogP contribution in [0.5, 0.6) is 0 Å². The molecule has 3 atom stereocenters. The van der Waals surface area contributed by atoms with Gasteiger partial charge in [0.15, 0.2) is 4.34 Å². The molecule has 2 aromatic rings. The number of β-lactam (4-membered cyclic amide) rings is 1. The molecule has 14 heteroatoms. The van der Waals surface area contributed by atoms with Crippen LogP contribution in [-0.4, -0.2) is 90.2 Å². The summed E-state index contributed by atoms with van der Waals surface area (Å²) in [5.41, 5.74) is -0.899. The summed E-state index contributed by atoms with van der Waals surface area (Å²) >= 11 is 3.92. The molecule has 11 nitrogen and oxygen atoms in total. The van der Waals surface area contributed by atoms with Crippen molar-refractivity contribution in [3.05, 3.63) is 34.8 Å². The van der Waals surface area contributed by atoms with E-state index in [1.165, 1.54) is 64.0 Å². The van der Waals surface area contributed by atoms with Gasteiger partial charge in [0.05, 0.1) is 5.56 Å². The molecule has 3 heterocycles. The summed E-state index contributed by atoms with van der Waals surface area (Å²) in [7, 11) is 0. The number of carboxylic acid groups (broad SMARTS) is 2. The predicted octanol–water partition coefficient (Wildman–Crippen LogP) is 1.02. The molecule has 2 unspecified atom stereocenters. The number of aliphatic hydroxyl groups is 1. The first-order chi connectivity index (χ1) is 16.2. The highest BCUT2D eigenvalue weighted by atomic mass is 32.2. The SMILES string of the molecule is Cc1nnc(SCC2(C(=O)O)CS[C@@H]3C(N(C(=O)CO)c4ccc(C(=O)O)cc4)C(=O)N3C2)s1. The first-order valence-electron chi connectivity index (χ1n) is 10.0. The number of aromatic nitrogens is 2. The number of aryl methyl sites for hydroxylation is 1. The molecule has 2 saturated heterocycles.